The molecule has 0 aromatic rings. The van der Waals surface area contributed by atoms with Crippen LogP contribution < -0.4 is 0 Å². The van der Waals surface area contributed by atoms with Crippen molar-refractivity contribution in [1.29, 1.82) is 0 Å². The number of hydrogen-bond acceptors (Lipinski definition) is 7. The van der Waals surface area contributed by atoms with Crippen LogP contribution in [0, 0.1) is 30.6 Å². The third-order valence-corrected chi connectivity index (χ3v) is 0. The van der Waals surface area contributed by atoms with Crippen molar-refractivity contribution >= 4 is 37.7 Å². The van der Waals surface area contributed by atoms with Gasteiger partial charge in [0.1, 0.15) is 0 Å². The third kappa shape index (κ3) is 7440. The molecule has 0 unspecified atom stereocenters. The molecule has 0 aliphatic heterocycles. The predicted molar refractivity (Wildman–Crippen MR) is 43.8 cm³/mol. The van der Waals surface area contributed by atoms with Crippen molar-refractivity contribution in [3.8, 4) is 0 Å². The standard InChI is InChI=1S/C3H8O.Ca.2NO3/c1-3(2)4;;2*2-1(3)4/h3-4H,1-2H3;;;/q;+2;2*-1. The molecule has 0 heterocycles. The van der Waals surface area contributed by atoms with Crippen LogP contribution >= 0.6 is 0 Å². The first-order valence-electron chi connectivity index (χ1n) is 2.51. The van der Waals surface area contributed by atoms with Gasteiger partial charge < -0.3 is 35.7 Å². The Morgan fingerprint density at radius 2 is 1.00 bits per heavy atom. The summed E-state index contributed by atoms with van der Waals surface area (Å²) in [6, 6.07) is 0. The second kappa shape index (κ2) is 17.6. The van der Waals surface area contributed by atoms with Crippen molar-refractivity contribution in [2.75, 3.05) is 0 Å². The van der Waals surface area contributed by atoms with E-state index in [1.807, 2.05) is 0 Å². The van der Waals surface area contributed by atoms with Gasteiger partial charge in [-0.1, -0.05) is 0 Å². The maximum atomic E-state index is 8.25. The van der Waals surface area contributed by atoms with Crippen LogP contribution in [0.15, 0.2) is 0 Å². The zero-order valence-electron chi connectivity index (χ0n) is 7.08. The largest absolute Gasteiger partial charge is 2.00 e. The fourth-order valence-corrected chi connectivity index (χ4v) is 0. The molecular formula is C3H8CaN2O7. The van der Waals surface area contributed by atoms with Crippen molar-refractivity contribution in [1.82, 2.24) is 0 Å². The molecule has 0 aliphatic carbocycles. The van der Waals surface area contributed by atoms with Crippen LogP contribution in [0.4, 0.5) is 0 Å². The first-order chi connectivity index (χ1) is 5.20. The number of nitrogens with zero attached hydrogens (tertiary/aromatic N) is 2. The van der Waals surface area contributed by atoms with Gasteiger partial charge in [0.25, 0.3) is 0 Å². The summed E-state index contributed by atoms with van der Waals surface area (Å²) in [5, 5.41) is 37.6. The minimum Gasteiger partial charge on any atom is -0.394 e. The summed E-state index contributed by atoms with van der Waals surface area (Å²) in [4.78, 5) is 16.5. The molecule has 0 aromatic carbocycles. The average molecular weight is 224 g/mol. The van der Waals surface area contributed by atoms with E-state index in [0.29, 0.717) is 0 Å². The summed E-state index contributed by atoms with van der Waals surface area (Å²) < 4.78 is 0. The van der Waals surface area contributed by atoms with Gasteiger partial charge in [-0.3, -0.25) is 0 Å². The maximum Gasteiger partial charge on any atom is 2.00 e. The minimum atomic E-state index is -1.75. The van der Waals surface area contributed by atoms with Gasteiger partial charge in [-0.05, 0) is 13.8 Å². The van der Waals surface area contributed by atoms with E-state index in [4.69, 9.17) is 35.7 Å². The zero-order valence-corrected chi connectivity index (χ0v) is 9.28. The minimum absolute atomic E-state index is 0. The Kier molecular flexibility index (Phi) is 31.1. The van der Waals surface area contributed by atoms with Crippen LogP contribution in [0.2, 0.25) is 0 Å². The molecule has 0 amide bonds. The summed E-state index contributed by atoms with van der Waals surface area (Å²) in [5.41, 5.74) is 0. The van der Waals surface area contributed by atoms with Crippen molar-refractivity contribution < 1.29 is 15.3 Å². The van der Waals surface area contributed by atoms with Crippen LogP contribution in [-0.4, -0.2) is 59.1 Å². The zero-order chi connectivity index (χ0) is 10.7. The molecule has 0 fully saturated rings. The fourth-order valence-electron chi connectivity index (χ4n) is 0. The van der Waals surface area contributed by atoms with Crippen molar-refractivity contribution in [2.45, 2.75) is 20.0 Å². The average Bonchev–Trinajstić information content (AvgIpc) is 1.54. The van der Waals surface area contributed by atoms with Gasteiger partial charge in [0.15, 0.2) is 0 Å². The number of rotatable bonds is 0. The van der Waals surface area contributed by atoms with Gasteiger partial charge in [-0.25, -0.2) is 0 Å². The Morgan fingerprint density at radius 3 is 1.00 bits per heavy atom. The van der Waals surface area contributed by atoms with Crippen LogP contribution in [-0.2, 0) is 0 Å². The van der Waals surface area contributed by atoms with Gasteiger partial charge in [-0.15, -0.1) is 0 Å². The van der Waals surface area contributed by atoms with Crippen LogP contribution in [0.25, 0.3) is 0 Å². The van der Waals surface area contributed by atoms with Gasteiger partial charge in [0, 0.05) is 6.10 Å². The molecule has 1 N–H and O–H groups in total. The monoisotopic (exact) mass is 224 g/mol. The smallest absolute Gasteiger partial charge is 0.394 e. The molecule has 74 valence electrons. The topological polar surface area (TPSA) is 153 Å². The van der Waals surface area contributed by atoms with Gasteiger partial charge >= 0.3 is 37.7 Å². The first-order valence-corrected chi connectivity index (χ1v) is 2.51. The molecule has 0 spiro atoms. The molecule has 13 heavy (non-hydrogen) atoms. The molecule has 0 rings (SSSR count). The quantitative estimate of drug-likeness (QED) is 0.331. The maximum absolute atomic E-state index is 8.25. The second-order valence-corrected chi connectivity index (χ2v) is 1.54. The molecular weight excluding hydrogens is 216 g/mol. The first kappa shape index (κ1) is 22.9. The summed E-state index contributed by atoms with van der Waals surface area (Å²) in [6.07, 6.45) is -0.167. The molecule has 10 heteroatoms. The van der Waals surface area contributed by atoms with Crippen molar-refractivity contribution in [3.63, 3.8) is 0 Å². The summed E-state index contributed by atoms with van der Waals surface area (Å²) in [5.74, 6) is 0. The van der Waals surface area contributed by atoms with Crippen LogP contribution in [0.5, 0.6) is 0 Å². The third-order valence-electron chi connectivity index (χ3n) is 0. The van der Waals surface area contributed by atoms with Crippen LogP contribution in [0.1, 0.15) is 13.8 Å². The SMILES string of the molecule is CC(C)O.O=[N+]([O-])[O-].O=[N+]([O-])[O-].[Ca+2]. The summed E-state index contributed by atoms with van der Waals surface area (Å²) in [7, 11) is 0. The number of aliphatic hydroxyl groups is 1. The van der Waals surface area contributed by atoms with Crippen molar-refractivity contribution in [2.24, 2.45) is 0 Å². The Balaban J connectivity index is -0.0000000450. The second-order valence-electron chi connectivity index (χ2n) is 1.54. The van der Waals surface area contributed by atoms with E-state index in [-0.39, 0.29) is 43.8 Å². The number of aliphatic hydroxyl groups excluding tert-OH is 1. The Morgan fingerprint density at radius 1 is 1.00 bits per heavy atom. The van der Waals surface area contributed by atoms with E-state index < -0.39 is 10.2 Å². The van der Waals surface area contributed by atoms with Crippen LogP contribution in [0.3, 0.4) is 0 Å². The van der Waals surface area contributed by atoms with Gasteiger partial charge in [0.05, 0.1) is 10.2 Å². The van der Waals surface area contributed by atoms with Gasteiger partial charge in [0.2, 0.25) is 0 Å². The molecule has 0 saturated carbocycles. The molecule has 9 nitrogen and oxygen atoms in total. The fraction of sp³-hybridized carbons (Fsp3) is 1.00. The normalized spacial score (nSPS) is 6.46. The van der Waals surface area contributed by atoms with E-state index in [1.165, 1.54) is 0 Å². The number of hydrogen-bond donors (Lipinski definition) is 1. The van der Waals surface area contributed by atoms with Crippen molar-refractivity contribution in [3.05, 3.63) is 30.6 Å². The Labute approximate surface area is 103 Å². The predicted octanol–water partition coefficient (Wildman–Crippen LogP) is -0.472. The molecule has 0 aliphatic rings. The van der Waals surface area contributed by atoms with E-state index in [9.17, 15) is 0 Å². The Bertz CT molecular complexity index is 106. The molecule has 0 saturated heterocycles. The van der Waals surface area contributed by atoms with E-state index in [2.05, 4.69) is 0 Å². The summed E-state index contributed by atoms with van der Waals surface area (Å²) >= 11 is 0. The molecule has 0 aromatic heterocycles. The summed E-state index contributed by atoms with van der Waals surface area (Å²) in [6.45, 7) is 3.44. The molecule has 0 radical (unpaired) electrons. The Hall–Kier alpha value is -0.380. The molecule has 0 atom stereocenters. The van der Waals surface area contributed by atoms with Gasteiger partial charge in [-0.2, -0.15) is 0 Å². The van der Waals surface area contributed by atoms with E-state index >= 15 is 0 Å². The molecule has 0 bridgehead atoms. The van der Waals surface area contributed by atoms with E-state index in [0.717, 1.165) is 0 Å². The van der Waals surface area contributed by atoms with E-state index in [1.54, 1.807) is 13.8 Å².